The summed E-state index contributed by atoms with van der Waals surface area (Å²) in [5.41, 5.74) is 7.23. The van der Waals surface area contributed by atoms with Gasteiger partial charge in [-0.05, 0) is 73.1 Å². The van der Waals surface area contributed by atoms with Gasteiger partial charge in [-0.15, -0.1) is 0 Å². The second-order valence-corrected chi connectivity index (χ2v) is 11.9. The van der Waals surface area contributed by atoms with Gasteiger partial charge in [0.2, 0.25) is 0 Å². The first-order valence-electron chi connectivity index (χ1n) is 19.8. The molecule has 234 valence electrons. The van der Waals surface area contributed by atoms with Crippen LogP contribution in [0.15, 0.2) is 188 Å². The predicted octanol–water partition coefficient (Wildman–Crippen LogP) is 12.2. The van der Waals surface area contributed by atoms with Crippen molar-refractivity contribution >= 4 is 21.5 Å². The Morgan fingerprint density at radius 2 is 0.860 bits per heavy atom. The second-order valence-electron chi connectivity index (χ2n) is 11.9. The standard InChI is InChI=1S/C47H31N3/c1-3-13-32(14-4-1)36-25-26-39-30-37(27-28-38(39)29-36)35-19-11-20-40(31-35)45-48-46(43-23-10-9-22-41(43)33-15-5-2-6-16-33)50-47(49-45)44-24-12-18-34-17-7-8-21-42(34)44/h1-31H/i7D,8D,12D,17D,18D,21D,24D. The fraction of sp³-hybridized carbons (Fsp3) is 0. The van der Waals surface area contributed by atoms with Gasteiger partial charge in [0.15, 0.2) is 17.5 Å². The summed E-state index contributed by atoms with van der Waals surface area (Å²) < 4.78 is 60.9. The van der Waals surface area contributed by atoms with Crippen molar-refractivity contribution in [3.05, 3.63) is 188 Å². The van der Waals surface area contributed by atoms with Crippen LogP contribution in [0.3, 0.4) is 0 Å². The molecule has 0 radical (unpaired) electrons. The van der Waals surface area contributed by atoms with Gasteiger partial charge in [-0.1, -0.05) is 170 Å². The summed E-state index contributed by atoms with van der Waals surface area (Å²) in [6.07, 6.45) is 0. The van der Waals surface area contributed by atoms with Gasteiger partial charge in [0.05, 0.1) is 9.60 Å². The minimum atomic E-state index is -0.528. The summed E-state index contributed by atoms with van der Waals surface area (Å²) in [5.74, 6) is 0.495. The highest BCUT2D eigenvalue weighted by Crippen LogP contribution is 2.35. The molecule has 0 fully saturated rings. The smallest absolute Gasteiger partial charge is 0.164 e. The van der Waals surface area contributed by atoms with E-state index in [1.807, 2.05) is 97.1 Å². The van der Waals surface area contributed by atoms with Gasteiger partial charge in [-0.25, -0.2) is 15.0 Å². The topological polar surface area (TPSA) is 38.7 Å². The number of benzene rings is 8. The van der Waals surface area contributed by atoms with Crippen molar-refractivity contribution in [1.82, 2.24) is 15.0 Å². The minimum absolute atomic E-state index is 0.0447. The maximum atomic E-state index is 9.09. The van der Waals surface area contributed by atoms with Crippen LogP contribution in [0.4, 0.5) is 0 Å². The molecule has 9 aromatic rings. The first-order valence-corrected chi connectivity index (χ1v) is 16.3. The summed E-state index contributed by atoms with van der Waals surface area (Å²) in [6.45, 7) is 0. The number of aromatic nitrogens is 3. The minimum Gasteiger partial charge on any atom is -0.208 e. The normalized spacial score (nSPS) is 13.2. The van der Waals surface area contributed by atoms with Crippen LogP contribution in [0.25, 0.3) is 89.1 Å². The Kier molecular flexibility index (Phi) is 5.80. The van der Waals surface area contributed by atoms with E-state index in [0.29, 0.717) is 11.1 Å². The van der Waals surface area contributed by atoms with Gasteiger partial charge < -0.3 is 0 Å². The van der Waals surface area contributed by atoms with Crippen LogP contribution in [0, 0.1) is 0 Å². The highest BCUT2D eigenvalue weighted by atomic mass is 15.0. The van der Waals surface area contributed by atoms with E-state index in [1.165, 1.54) is 0 Å². The van der Waals surface area contributed by atoms with Crippen molar-refractivity contribution in [3.63, 3.8) is 0 Å². The average Bonchev–Trinajstić information content (AvgIpc) is 3.26. The van der Waals surface area contributed by atoms with Gasteiger partial charge in [0.1, 0.15) is 0 Å². The summed E-state index contributed by atoms with van der Waals surface area (Å²) in [6, 6.07) is 45.0. The quantitative estimate of drug-likeness (QED) is 0.181. The van der Waals surface area contributed by atoms with E-state index < -0.39 is 42.3 Å². The Labute approximate surface area is 301 Å². The van der Waals surface area contributed by atoms with Crippen LogP contribution < -0.4 is 0 Å². The van der Waals surface area contributed by atoms with Crippen molar-refractivity contribution in [1.29, 1.82) is 0 Å². The van der Waals surface area contributed by atoms with Gasteiger partial charge in [-0.2, -0.15) is 0 Å². The van der Waals surface area contributed by atoms with Crippen molar-refractivity contribution in [2.24, 2.45) is 0 Å². The molecule has 0 aliphatic rings. The molecule has 0 aliphatic heterocycles. The molecule has 50 heavy (non-hydrogen) atoms. The van der Waals surface area contributed by atoms with E-state index in [-0.39, 0.29) is 33.8 Å². The molecule has 1 aromatic heterocycles. The Morgan fingerprint density at radius 1 is 0.320 bits per heavy atom. The molecule has 3 heteroatoms. The van der Waals surface area contributed by atoms with Crippen LogP contribution >= 0.6 is 0 Å². The zero-order valence-electron chi connectivity index (χ0n) is 33.7. The van der Waals surface area contributed by atoms with Crippen molar-refractivity contribution in [3.8, 4) is 67.5 Å². The van der Waals surface area contributed by atoms with E-state index in [9.17, 15) is 0 Å². The Hall–Kier alpha value is -6.71. The molecule has 0 aliphatic carbocycles. The fourth-order valence-electron chi connectivity index (χ4n) is 6.34. The molecule has 8 aromatic carbocycles. The fourth-order valence-corrected chi connectivity index (χ4v) is 6.34. The van der Waals surface area contributed by atoms with E-state index >= 15 is 0 Å². The third-order valence-corrected chi connectivity index (χ3v) is 8.83. The number of nitrogens with zero attached hydrogens (tertiary/aromatic N) is 3. The van der Waals surface area contributed by atoms with E-state index in [1.54, 1.807) is 0 Å². The summed E-state index contributed by atoms with van der Waals surface area (Å²) in [7, 11) is 0. The lowest BCUT2D eigenvalue weighted by Crippen LogP contribution is -2.01. The van der Waals surface area contributed by atoms with E-state index in [2.05, 4.69) is 48.5 Å². The number of fused-ring (bicyclic) bond motifs is 2. The van der Waals surface area contributed by atoms with Crippen molar-refractivity contribution in [2.45, 2.75) is 0 Å². The van der Waals surface area contributed by atoms with Gasteiger partial charge >= 0.3 is 0 Å². The monoisotopic (exact) mass is 644 g/mol. The highest BCUT2D eigenvalue weighted by Gasteiger charge is 2.17. The molecule has 1 heterocycles. The molecule has 0 unspecified atom stereocenters. The SMILES string of the molecule is [2H]c1c([2H])c([2H])c2c(-c3nc(-c4cccc(-c5ccc6cc(-c7ccccc7)ccc6c5)c4)nc(-c4ccccc4-c4ccccc4)n3)c([2H])c([2H])c([2H])c2c1[2H]. The molecule has 0 saturated heterocycles. The molecule has 0 bridgehead atoms. The van der Waals surface area contributed by atoms with E-state index in [4.69, 9.17) is 24.5 Å². The number of hydrogen-bond donors (Lipinski definition) is 0. The molecule has 3 nitrogen and oxygen atoms in total. The molecular weight excluding hydrogens is 607 g/mol. The second kappa shape index (κ2) is 12.7. The Bertz CT molecular complexity index is 3040. The van der Waals surface area contributed by atoms with Gasteiger partial charge in [-0.3, -0.25) is 0 Å². The number of hydrogen-bond acceptors (Lipinski definition) is 3. The third-order valence-electron chi connectivity index (χ3n) is 8.83. The maximum absolute atomic E-state index is 9.09. The largest absolute Gasteiger partial charge is 0.208 e. The molecule has 0 saturated carbocycles. The zero-order chi connectivity index (χ0) is 39.4. The average molecular weight is 645 g/mol. The van der Waals surface area contributed by atoms with Crippen LogP contribution in [0.1, 0.15) is 9.60 Å². The first-order chi connectivity index (χ1) is 27.7. The lowest BCUT2D eigenvalue weighted by molar-refractivity contribution is 1.08. The van der Waals surface area contributed by atoms with Crippen LogP contribution in [0.2, 0.25) is 0 Å². The van der Waals surface area contributed by atoms with Crippen molar-refractivity contribution in [2.75, 3.05) is 0 Å². The van der Waals surface area contributed by atoms with Crippen LogP contribution in [-0.2, 0) is 0 Å². The van der Waals surface area contributed by atoms with Crippen molar-refractivity contribution < 1.29 is 9.60 Å². The summed E-state index contributed by atoms with van der Waals surface area (Å²) >= 11 is 0. The maximum Gasteiger partial charge on any atom is 0.164 e. The molecule has 9 rings (SSSR count). The Morgan fingerprint density at radius 3 is 1.62 bits per heavy atom. The lowest BCUT2D eigenvalue weighted by atomic mass is 9.97. The summed E-state index contributed by atoms with van der Waals surface area (Å²) in [4.78, 5) is 14.8. The molecular formula is C47H31N3. The van der Waals surface area contributed by atoms with Crippen LogP contribution in [-0.4, -0.2) is 15.0 Å². The number of rotatable bonds is 6. The molecule has 0 atom stereocenters. The van der Waals surface area contributed by atoms with Gasteiger partial charge in [0, 0.05) is 16.7 Å². The molecule has 0 N–H and O–H groups in total. The van der Waals surface area contributed by atoms with Crippen LogP contribution in [0.5, 0.6) is 0 Å². The van der Waals surface area contributed by atoms with E-state index in [0.717, 1.165) is 44.2 Å². The first kappa shape index (κ1) is 22.8. The Balaban J connectivity index is 1.25. The zero-order valence-corrected chi connectivity index (χ0v) is 26.7. The molecule has 0 spiro atoms. The predicted molar refractivity (Wildman–Crippen MR) is 207 cm³/mol. The third kappa shape index (κ3) is 5.61. The summed E-state index contributed by atoms with van der Waals surface area (Å²) in [5, 5.41) is 1.94. The van der Waals surface area contributed by atoms with Gasteiger partial charge in [0.25, 0.3) is 0 Å². The lowest BCUT2D eigenvalue weighted by Gasteiger charge is -2.13. The highest BCUT2D eigenvalue weighted by molar-refractivity contribution is 5.96. The molecule has 0 amide bonds.